The average Bonchev–Trinajstić information content (AvgIpc) is 3.40. The number of ether oxygens (including phenoxy) is 3. The Hall–Kier alpha value is -3.15. The summed E-state index contributed by atoms with van der Waals surface area (Å²) in [5, 5.41) is 10.3. The lowest BCUT2D eigenvalue weighted by Gasteiger charge is -2.26. The Labute approximate surface area is 189 Å². The third-order valence-corrected chi connectivity index (χ3v) is 6.31. The molecule has 6 heteroatoms. The van der Waals surface area contributed by atoms with Crippen LogP contribution < -0.4 is 14.2 Å². The number of hydrogen-bond donors (Lipinski definition) is 1. The highest BCUT2D eigenvalue weighted by molar-refractivity contribution is 5.74. The van der Waals surface area contributed by atoms with Gasteiger partial charge in [0.2, 0.25) is 6.79 Å². The van der Waals surface area contributed by atoms with Gasteiger partial charge in [0, 0.05) is 12.5 Å². The Bertz CT molecular complexity index is 969. The van der Waals surface area contributed by atoms with Crippen molar-refractivity contribution >= 4 is 5.97 Å². The normalized spacial score (nSPS) is 22.1. The molecule has 1 saturated heterocycles. The van der Waals surface area contributed by atoms with E-state index < -0.39 is 11.9 Å². The Balaban J connectivity index is 1.68. The molecule has 0 spiro atoms. The lowest BCUT2D eigenvalue weighted by molar-refractivity contribution is -0.143. The fourth-order valence-corrected chi connectivity index (χ4v) is 4.64. The summed E-state index contributed by atoms with van der Waals surface area (Å²) < 4.78 is 16.3. The third kappa shape index (κ3) is 4.54. The minimum atomic E-state index is -0.799. The van der Waals surface area contributed by atoms with E-state index in [1.807, 2.05) is 42.5 Å². The Kier molecular flexibility index (Phi) is 6.58. The number of carboxylic acids is 1. The number of nitrogens with zero attached hydrogens (tertiary/aromatic N) is 1. The van der Waals surface area contributed by atoms with E-state index in [0.717, 1.165) is 29.7 Å². The van der Waals surface area contributed by atoms with Crippen molar-refractivity contribution in [2.45, 2.75) is 38.6 Å². The highest BCUT2D eigenvalue weighted by Crippen LogP contribution is 2.48. The summed E-state index contributed by atoms with van der Waals surface area (Å²) in [6, 6.07) is 13.2. The molecule has 3 unspecified atom stereocenters. The number of methoxy groups -OCH3 is 1. The molecule has 2 aliphatic rings. The molecule has 2 aromatic rings. The molecule has 1 N–H and O–H groups in total. The quantitative estimate of drug-likeness (QED) is 0.611. The predicted molar refractivity (Wildman–Crippen MR) is 122 cm³/mol. The van der Waals surface area contributed by atoms with E-state index in [1.54, 1.807) is 7.11 Å². The highest BCUT2D eigenvalue weighted by atomic mass is 16.7. The molecule has 170 valence electrons. The van der Waals surface area contributed by atoms with Crippen molar-refractivity contribution in [3.8, 4) is 17.2 Å². The van der Waals surface area contributed by atoms with E-state index in [1.165, 1.54) is 0 Å². The molecule has 1 fully saturated rings. The summed E-state index contributed by atoms with van der Waals surface area (Å²) in [6.07, 6.45) is 6.32. The summed E-state index contributed by atoms with van der Waals surface area (Å²) in [5.41, 5.74) is 1.92. The van der Waals surface area contributed by atoms with E-state index >= 15 is 0 Å². The molecular weight excluding hydrogens is 406 g/mol. The molecule has 0 radical (unpaired) electrons. The van der Waals surface area contributed by atoms with Gasteiger partial charge in [-0.2, -0.15) is 0 Å². The number of benzene rings is 2. The molecule has 2 aromatic carbocycles. The first-order chi connectivity index (χ1) is 15.5. The van der Waals surface area contributed by atoms with Crippen LogP contribution in [0, 0.1) is 11.8 Å². The maximum Gasteiger partial charge on any atom is 0.309 e. The van der Waals surface area contributed by atoms with Gasteiger partial charge in [-0.05, 0) is 60.4 Å². The Morgan fingerprint density at radius 2 is 1.88 bits per heavy atom. The van der Waals surface area contributed by atoms with Gasteiger partial charge in [0.1, 0.15) is 5.75 Å². The van der Waals surface area contributed by atoms with Crippen LogP contribution >= 0.6 is 0 Å². The molecule has 3 atom stereocenters. The van der Waals surface area contributed by atoms with E-state index in [2.05, 4.69) is 31.0 Å². The number of allylic oxidation sites excluding steroid dienone is 1. The van der Waals surface area contributed by atoms with Crippen LogP contribution in [0.1, 0.15) is 49.8 Å². The second-order valence-electron chi connectivity index (χ2n) is 8.85. The van der Waals surface area contributed by atoms with E-state index in [9.17, 15) is 9.90 Å². The minimum absolute atomic E-state index is 0.177. The molecule has 4 rings (SSSR count). The smallest absolute Gasteiger partial charge is 0.309 e. The lowest BCUT2D eigenvalue weighted by atomic mass is 9.83. The monoisotopic (exact) mass is 437 g/mol. The molecule has 0 amide bonds. The van der Waals surface area contributed by atoms with Crippen LogP contribution in [0.3, 0.4) is 0 Å². The standard InChI is InChI=1S/C26H31NO5/c1-17(2)6-4-5-13-27-15-21(19-9-12-22-23(14-19)32-16-31-22)24(26(28)29)25(27)18-7-10-20(30-3)11-8-18/h5,7-14,17,21,24-25H,4,6,15-16H2,1-3H3,(H,28,29). The SMILES string of the molecule is COc1ccc(C2C(C(=O)O)C(c3ccc4c(c3)OCO4)CN2C=CCCC(C)C)cc1. The van der Waals surface area contributed by atoms with Gasteiger partial charge in [-0.1, -0.05) is 38.1 Å². The number of likely N-dealkylation sites (tertiary alicyclic amines) is 1. The summed E-state index contributed by atoms with van der Waals surface area (Å²) in [4.78, 5) is 14.7. The molecule has 2 aliphatic heterocycles. The second-order valence-corrected chi connectivity index (χ2v) is 8.85. The van der Waals surface area contributed by atoms with Crippen LogP contribution in [0.2, 0.25) is 0 Å². The van der Waals surface area contributed by atoms with Gasteiger partial charge in [-0.25, -0.2) is 0 Å². The van der Waals surface area contributed by atoms with Gasteiger partial charge in [-0.15, -0.1) is 0 Å². The summed E-state index contributed by atoms with van der Waals surface area (Å²) in [7, 11) is 1.63. The molecular formula is C26H31NO5. The molecule has 0 saturated carbocycles. The summed E-state index contributed by atoms with van der Waals surface area (Å²) in [5.74, 6) is 1.19. The van der Waals surface area contributed by atoms with Crippen molar-refractivity contribution in [1.29, 1.82) is 0 Å². The fraction of sp³-hybridized carbons (Fsp3) is 0.423. The number of rotatable bonds is 8. The van der Waals surface area contributed by atoms with Crippen LogP contribution in [0.4, 0.5) is 0 Å². The van der Waals surface area contributed by atoms with Crippen molar-refractivity contribution in [2.75, 3.05) is 20.4 Å². The van der Waals surface area contributed by atoms with Crippen LogP contribution in [-0.4, -0.2) is 36.4 Å². The number of fused-ring (bicyclic) bond motifs is 1. The molecule has 2 heterocycles. The van der Waals surface area contributed by atoms with Crippen molar-refractivity contribution < 1.29 is 24.1 Å². The van der Waals surface area contributed by atoms with Gasteiger partial charge < -0.3 is 24.2 Å². The van der Waals surface area contributed by atoms with Crippen LogP contribution in [0.15, 0.2) is 54.7 Å². The average molecular weight is 438 g/mol. The van der Waals surface area contributed by atoms with Crippen molar-refractivity contribution in [1.82, 2.24) is 4.90 Å². The first-order valence-corrected chi connectivity index (χ1v) is 11.2. The zero-order valence-electron chi connectivity index (χ0n) is 18.9. The first kappa shape index (κ1) is 22.1. The van der Waals surface area contributed by atoms with Crippen molar-refractivity contribution in [3.63, 3.8) is 0 Å². The van der Waals surface area contributed by atoms with Gasteiger partial charge in [0.15, 0.2) is 11.5 Å². The second kappa shape index (κ2) is 9.55. The Morgan fingerprint density at radius 3 is 2.56 bits per heavy atom. The van der Waals surface area contributed by atoms with Gasteiger partial charge in [0.25, 0.3) is 0 Å². The summed E-state index contributed by atoms with van der Waals surface area (Å²) in [6.45, 7) is 5.23. The topological polar surface area (TPSA) is 68.2 Å². The first-order valence-electron chi connectivity index (χ1n) is 11.2. The third-order valence-electron chi connectivity index (χ3n) is 6.31. The maximum atomic E-state index is 12.6. The van der Waals surface area contributed by atoms with E-state index in [4.69, 9.17) is 14.2 Å². The van der Waals surface area contributed by atoms with Gasteiger partial charge in [-0.3, -0.25) is 4.79 Å². The molecule has 32 heavy (non-hydrogen) atoms. The van der Waals surface area contributed by atoms with Crippen LogP contribution in [0.5, 0.6) is 17.2 Å². The predicted octanol–water partition coefficient (Wildman–Crippen LogP) is 5.22. The van der Waals surface area contributed by atoms with Gasteiger partial charge in [0.05, 0.1) is 19.1 Å². The zero-order chi connectivity index (χ0) is 22.7. The summed E-state index contributed by atoms with van der Waals surface area (Å²) >= 11 is 0. The van der Waals surface area contributed by atoms with Gasteiger partial charge >= 0.3 is 5.97 Å². The highest BCUT2D eigenvalue weighted by Gasteiger charge is 2.46. The number of hydrogen-bond acceptors (Lipinski definition) is 5. The largest absolute Gasteiger partial charge is 0.497 e. The molecule has 0 bridgehead atoms. The van der Waals surface area contributed by atoms with Crippen LogP contribution in [0.25, 0.3) is 0 Å². The van der Waals surface area contributed by atoms with Crippen LogP contribution in [-0.2, 0) is 4.79 Å². The molecule has 6 nitrogen and oxygen atoms in total. The fourth-order valence-electron chi connectivity index (χ4n) is 4.64. The van der Waals surface area contributed by atoms with E-state index in [0.29, 0.717) is 24.0 Å². The molecule has 0 aromatic heterocycles. The number of carbonyl (C=O) groups is 1. The number of carboxylic acid groups (broad SMARTS) is 1. The van der Waals surface area contributed by atoms with Crippen molar-refractivity contribution in [2.24, 2.45) is 11.8 Å². The lowest BCUT2D eigenvalue weighted by Crippen LogP contribution is -2.26. The van der Waals surface area contributed by atoms with Crippen molar-refractivity contribution in [3.05, 3.63) is 65.9 Å². The molecule has 0 aliphatic carbocycles. The zero-order valence-corrected chi connectivity index (χ0v) is 18.9. The Morgan fingerprint density at radius 1 is 1.16 bits per heavy atom. The maximum absolute atomic E-state index is 12.6. The minimum Gasteiger partial charge on any atom is -0.497 e. The van der Waals surface area contributed by atoms with E-state index in [-0.39, 0.29) is 18.8 Å². The number of aliphatic carboxylic acids is 1.